The Kier molecular flexibility index (Phi) is 3.39. The molecule has 0 aromatic rings. The topological polar surface area (TPSA) is 12.5 Å². The van der Waals surface area contributed by atoms with Gasteiger partial charge in [0, 0.05) is 36.0 Å². The van der Waals surface area contributed by atoms with Gasteiger partial charge in [-0.3, -0.25) is 0 Å². The number of ether oxygens (including phenoxy) is 1. The van der Waals surface area contributed by atoms with Crippen molar-refractivity contribution in [2.75, 3.05) is 13.1 Å². The highest BCUT2D eigenvalue weighted by atomic mass is 127. The lowest BCUT2D eigenvalue weighted by atomic mass is 9.89. The summed E-state index contributed by atoms with van der Waals surface area (Å²) in [5, 5.41) is 0. The van der Waals surface area contributed by atoms with Crippen LogP contribution < -0.4 is 0 Å². The van der Waals surface area contributed by atoms with Crippen molar-refractivity contribution in [2.45, 2.75) is 51.2 Å². The summed E-state index contributed by atoms with van der Waals surface area (Å²) >= 11 is 2.42. The Bertz CT molecular complexity index is 199. The average Bonchev–Trinajstić information content (AvgIpc) is 2.56. The molecule has 3 heteroatoms. The van der Waals surface area contributed by atoms with Gasteiger partial charge in [-0.2, -0.15) is 0 Å². The molecule has 0 radical (unpaired) electrons. The zero-order valence-electron chi connectivity index (χ0n) is 9.13. The minimum atomic E-state index is 0.261. The van der Waals surface area contributed by atoms with Gasteiger partial charge in [-0.25, -0.2) is 3.11 Å². The summed E-state index contributed by atoms with van der Waals surface area (Å²) in [6.45, 7) is 6.95. The van der Waals surface area contributed by atoms with Crippen LogP contribution in [-0.4, -0.2) is 27.9 Å². The third-order valence-electron chi connectivity index (χ3n) is 3.65. The fraction of sp³-hybridized carbons (Fsp3) is 1.00. The van der Waals surface area contributed by atoms with Gasteiger partial charge < -0.3 is 4.74 Å². The molecule has 0 aliphatic carbocycles. The van der Waals surface area contributed by atoms with Crippen molar-refractivity contribution in [1.29, 1.82) is 0 Å². The largest absolute Gasteiger partial charge is 0.371 e. The average molecular weight is 309 g/mol. The summed E-state index contributed by atoms with van der Waals surface area (Å²) in [6, 6.07) is 0. The van der Waals surface area contributed by atoms with Crippen molar-refractivity contribution in [2.24, 2.45) is 5.92 Å². The van der Waals surface area contributed by atoms with E-state index in [1.165, 1.54) is 38.8 Å². The molecular formula is C11H20INO. The molecular weight excluding hydrogens is 289 g/mol. The summed E-state index contributed by atoms with van der Waals surface area (Å²) in [5.74, 6) is 0.687. The van der Waals surface area contributed by atoms with Gasteiger partial charge in [0.25, 0.3) is 0 Å². The lowest BCUT2D eigenvalue weighted by Gasteiger charge is -2.37. The Morgan fingerprint density at radius 2 is 1.93 bits per heavy atom. The van der Waals surface area contributed by atoms with Gasteiger partial charge in [0.2, 0.25) is 0 Å². The van der Waals surface area contributed by atoms with E-state index in [9.17, 15) is 0 Å². The lowest BCUT2D eigenvalue weighted by Crippen LogP contribution is -2.41. The van der Waals surface area contributed by atoms with Crippen LogP contribution >= 0.6 is 22.9 Å². The lowest BCUT2D eigenvalue weighted by molar-refractivity contribution is -0.0791. The molecule has 1 atom stereocenters. The van der Waals surface area contributed by atoms with Gasteiger partial charge in [0.1, 0.15) is 0 Å². The molecule has 2 aliphatic rings. The van der Waals surface area contributed by atoms with E-state index in [1.807, 2.05) is 0 Å². The van der Waals surface area contributed by atoms with Crippen molar-refractivity contribution >= 4 is 22.9 Å². The van der Waals surface area contributed by atoms with E-state index >= 15 is 0 Å². The van der Waals surface area contributed by atoms with Crippen molar-refractivity contribution in [3.63, 3.8) is 0 Å². The molecule has 0 aromatic heterocycles. The molecule has 1 unspecified atom stereocenters. The molecule has 2 aliphatic heterocycles. The molecule has 0 aromatic carbocycles. The minimum absolute atomic E-state index is 0.261. The SMILES string of the molecule is CC(C)C1CCC2(CCN(I)CC2)O1. The first-order valence-corrected chi connectivity index (χ1v) is 6.66. The highest BCUT2D eigenvalue weighted by Crippen LogP contribution is 2.41. The monoisotopic (exact) mass is 309 g/mol. The van der Waals surface area contributed by atoms with Crippen LogP contribution in [0.25, 0.3) is 0 Å². The van der Waals surface area contributed by atoms with E-state index in [4.69, 9.17) is 4.74 Å². The Morgan fingerprint density at radius 3 is 2.43 bits per heavy atom. The van der Waals surface area contributed by atoms with E-state index in [2.05, 4.69) is 39.8 Å². The Balaban J connectivity index is 1.93. The second kappa shape index (κ2) is 4.26. The second-order valence-electron chi connectivity index (χ2n) is 5.03. The van der Waals surface area contributed by atoms with Gasteiger partial charge in [-0.1, -0.05) is 13.8 Å². The number of nitrogens with zero attached hydrogens (tertiary/aromatic N) is 1. The molecule has 2 rings (SSSR count). The summed E-state index contributed by atoms with van der Waals surface area (Å²) in [6.07, 6.45) is 5.56. The molecule has 0 amide bonds. The normalized spacial score (nSPS) is 33.0. The van der Waals surface area contributed by atoms with Gasteiger partial charge in [0.05, 0.1) is 11.7 Å². The van der Waals surface area contributed by atoms with E-state index in [0.717, 1.165) is 0 Å². The number of halogens is 1. The van der Waals surface area contributed by atoms with Crippen LogP contribution in [0.3, 0.4) is 0 Å². The predicted octanol–water partition coefficient (Wildman–Crippen LogP) is 3.01. The quantitative estimate of drug-likeness (QED) is 0.545. The highest BCUT2D eigenvalue weighted by Gasteiger charge is 2.42. The third kappa shape index (κ3) is 2.25. The molecule has 0 bridgehead atoms. The maximum absolute atomic E-state index is 6.27. The molecule has 82 valence electrons. The molecule has 2 heterocycles. The number of piperidine rings is 1. The summed E-state index contributed by atoms with van der Waals surface area (Å²) < 4.78 is 8.65. The second-order valence-corrected chi connectivity index (χ2v) is 6.40. The zero-order chi connectivity index (χ0) is 10.2. The Morgan fingerprint density at radius 1 is 1.29 bits per heavy atom. The van der Waals surface area contributed by atoms with Gasteiger partial charge in [-0.05, 0) is 31.6 Å². The summed E-state index contributed by atoms with van der Waals surface area (Å²) in [7, 11) is 0. The van der Waals surface area contributed by atoms with Crippen LogP contribution in [0, 0.1) is 5.92 Å². The molecule has 2 saturated heterocycles. The summed E-state index contributed by atoms with van der Waals surface area (Å²) in [5.41, 5.74) is 0.261. The third-order valence-corrected chi connectivity index (χ3v) is 4.61. The maximum Gasteiger partial charge on any atom is 0.0712 e. The van der Waals surface area contributed by atoms with Crippen LogP contribution in [0.2, 0.25) is 0 Å². The van der Waals surface area contributed by atoms with Gasteiger partial charge in [-0.15, -0.1) is 0 Å². The fourth-order valence-corrected chi connectivity index (χ4v) is 3.05. The van der Waals surface area contributed by atoms with Crippen molar-refractivity contribution in [1.82, 2.24) is 3.11 Å². The van der Waals surface area contributed by atoms with E-state index in [0.29, 0.717) is 12.0 Å². The first kappa shape index (κ1) is 11.1. The van der Waals surface area contributed by atoms with Crippen molar-refractivity contribution in [3.8, 4) is 0 Å². The van der Waals surface area contributed by atoms with E-state index < -0.39 is 0 Å². The van der Waals surface area contributed by atoms with Crippen LogP contribution in [0.1, 0.15) is 39.5 Å². The molecule has 2 fully saturated rings. The zero-order valence-corrected chi connectivity index (χ0v) is 11.3. The number of rotatable bonds is 1. The predicted molar refractivity (Wildman–Crippen MR) is 66.5 cm³/mol. The van der Waals surface area contributed by atoms with Crippen LogP contribution in [0.5, 0.6) is 0 Å². The Hall–Kier alpha value is 0.650. The van der Waals surface area contributed by atoms with Crippen LogP contribution in [0.15, 0.2) is 0 Å². The van der Waals surface area contributed by atoms with E-state index in [1.54, 1.807) is 0 Å². The smallest absolute Gasteiger partial charge is 0.0712 e. The van der Waals surface area contributed by atoms with Crippen LogP contribution in [-0.2, 0) is 4.74 Å². The molecule has 0 N–H and O–H groups in total. The van der Waals surface area contributed by atoms with Crippen molar-refractivity contribution in [3.05, 3.63) is 0 Å². The van der Waals surface area contributed by atoms with Gasteiger partial charge in [0.15, 0.2) is 0 Å². The van der Waals surface area contributed by atoms with Gasteiger partial charge >= 0.3 is 0 Å². The molecule has 14 heavy (non-hydrogen) atoms. The van der Waals surface area contributed by atoms with E-state index in [-0.39, 0.29) is 5.60 Å². The molecule has 0 saturated carbocycles. The fourth-order valence-electron chi connectivity index (χ4n) is 2.57. The molecule has 2 nitrogen and oxygen atoms in total. The van der Waals surface area contributed by atoms with Crippen molar-refractivity contribution < 1.29 is 4.74 Å². The first-order chi connectivity index (χ1) is 6.61. The number of hydrogen-bond donors (Lipinski definition) is 0. The maximum atomic E-state index is 6.27. The van der Waals surface area contributed by atoms with Crippen LogP contribution in [0.4, 0.5) is 0 Å². The highest BCUT2D eigenvalue weighted by molar-refractivity contribution is 14.1. The first-order valence-electron chi connectivity index (χ1n) is 5.70. The minimum Gasteiger partial charge on any atom is -0.371 e. The Labute approximate surface area is 101 Å². The number of hydrogen-bond acceptors (Lipinski definition) is 2. The summed E-state index contributed by atoms with van der Waals surface area (Å²) in [4.78, 5) is 0. The molecule has 1 spiro atoms. The standard InChI is InChI=1S/C11H20INO/c1-9(2)10-3-4-11(14-10)5-7-13(12)8-6-11/h9-10H,3-8H2,1-2H3.